The number of hydrogen-bond acceptors (Lipinski definition) is 12. The van der Waals surface area contributed by atoms with Gasteiger partial charge in [0.1, 0.15) is 24.4 Å². The minimum atomic E-state index is -0.462. The van der Waals surface area contributed by atoms with Crippen LogP contribution in [0.2, 0.25) is 0 Å². The Kier molecular flexibility index (Phi) is 8.56. The van der Waals surface area contributed by atoms with Crippen LogP contribution >= 0.6 is 0 Å². The number of ether oxygens (including phenoxy) is 12. The minimum absolute atomic E-state index is 0.196. The lowest BCUT2D eigenvalue weighted by molar-refractivity contribution is -0.350. The van der Waals surface area contributed by atoms with Crippen molar-refractivity contribution in [3.63, 3.8) is 0 Å². The topological polar surface area (TPSA) is 111 Å². The first-order chi connectivity index (χ1) is 15.8. The van der Waals surface area contributed by atoms with Crippen molar-refractivity contribution in [2.45, 2.75) is 49.6 Å². The van der Waals surface area contributed by atoms with Crippen LogP contribution in [0.4, 0.5) is 0 Å². The molecule has 0 amide bonds. The molecule has 0 aliphatic carbocycles. The highest BCUT2D eigenvalue weighted by molar-refractivity contribution is 4.80. The van der Waals surface area contributed by atoms with Crippen molar-refractivity contribution < 1.29 is 56.8 Å². The molecule has 12 heterocycles. The average Bonchev–Trinajstić information content (AvgIpc) is 2.82. The molecule has 12 heteroatoms. The van der Waals surface area contributed by atoms with E-state index in [0.717, 1.165) is 0 Å². The second-order valence-corrected chi connectivity index (χ2v) is 8.05. The van der Waals surface area contributed by atoms with Gasteiger partial charge in [-0.05, 0) is 0 Å². The summed E-state index contributed by atoms with van der Waals surface area (Å²) in [6.07, 6.45) is -2.63. The maximum absolute atomic E-state index is 5.88. The zero-order valence-electron chi connectivity index (χ0n) is 18.0. The van der Waals surface area contributed by atoms with E-state index in [0.29, 0.717) is 79.3 Å². The highest BCUT2D eigenvalue weighted by Gasteiger charge is 2.40. The van der Waals surface area contributed by atoms with E-state index in [1.807, 2.05) is 0 Å². The first kappa shape index (κ1) is 23.3. The average molecular weight is 464 g/mol. The van der Waals surface area contributed by atoms with Crippen molar-refractivity contribution in [1.29, 1.82) is 0 Å². The Morgan fingerprint density at radius 3 is 0.812 bits per heavy atom. The van der Waals surface area contributed by atoms with Gasteiger partial charge in [0.05, 0.1) is 79.3 Å². The van der Waals surface area contributed by atoms with Crippen molar-refractivity contribution in [3.05, 3.63) is 0 Å². The van der Waals surface area contributed by atoms with Crippen molar-refractivity contribution >= 4 is 0 Å². The van der Waals surface area contributed by atoms with Gasteiger partial charge in [0.2, 0.25) is 0 Å². The predicted octanol–water partition coefficient (Wildman–Crippen LogP) is -0.968. The molecule has 4 unspecified atom stereocenters. The van der Waals surface area contributed by atoms with Crippen LogP contribution in [0, 0.1) is 0 Å². The molecule has 12 rings (SSSR count). The summed E-state index contributed by atoms with van der Waals surface area (Å²) in [6.45, 7) is 4.46. The molecule has 184 valence electrons. The van der Waals surface area contributed by atoms with Crippen LogP contribution in [-0.2, 0) is 56.8 Å². The molecule has 0 spiro atoms. The van der Waals surface area contributed by atoms with Crippen molar-refractivity contribution in [3.8, 4) is 0 Å². The Balaban J connectivity index is 1.11. The van der Waals surface area contributed by atoms with Gasteiger partial charge < -0.3 is 56.8 Å². The Morgan fingerprint density at radius 2 is 0.562 bits per heavy atom. The zero-order chi connectivity index (χ0) is 21.6. The molecule has 12 aliphatic rings. The molecule has 0 aromatic carbocycles. The summed E-state index contributed by atoms with van der Waals surface area (Å²) in [4.78, 5) is 0. The summed E-state index contributed by atoms with van der Waals surface area (Å²) in [5.74, 6) is 0. The SMILES string of the molecule is C1COC[C@H]2OCC3O[C@@H](COCCOC[C@H]4OCC5O[C@H](CO1)OCC5O4)OCC3O2. The fourth-order valence-electron chi connectivity index (χ4n) is 3.99. The zero-order valence-corrected chi connectivity index (χ0v) is 18.0. The largest absolute Gasteiger partial charge is 0.374 e. The molecule has 8 atom stereocenters. The fourth-order valence-corrected chi connectivity index (χ4v) is 3.99. The second kappa shape index (κ2) is 11.8. The van der Waals surface area contributed by atoms with Crippen LogP contribution in [0.1, 0.15) is 0 Å². The van der Waals surface area contributed by atoms with E-state index in [1.54, 1.807) is 0 Å². The third-order valence-electron chi connectivity index (χ3n) is 5.68. The molecule has 32 heavy (non-hydrogen) atoms. The maximum atomic E-state index is 5.88. The smallest absolute Gasteiger partial charge is 0.181 e. The number of rotatable bonds is 0. The quantitative estimate of drug-likeness (QED) is 0.440. The third kappa shape index (κ3) is 6.34. The van der Waals surface area contributed by atoms with Gasteiger partial charge >= 0.3 is 0 Å². The molecule has 8 bridgehead atoms. The molecule has 12 aliphatic heterocycles. The molecule has 0 N–H and O–H groups in total. The van der Waals surface area contributed by atoms with Crippen LogP contribution in [0.25, 0.3) is 0 Å². The van der Waals surface area contributed by atoms with Crippen LogP contribution in [0.3, 0.4) is 0 Å². The monoisotopic (exact) mass is 464 g/mol. The van der Waals surface area contributed by atoms with Crippen LogP contribution in [0.15, 0.2) is 0 Å². The molecule has 12 saturated heterocycles. The van der Waals surface area contributed by atoms with E-state index in [1.165, 1.54) is 0 Å². The Hall–Kier alpha value is -0.480. The normalized spacial score (nSPS) is 45.0. The fraction of sp³-hybridized carbons (Fsp3) is 1.00. The molecule has 0 aromatic rings. The van der Waals surface area contributed by atoms with E-state index >= 15 is 0 Å². The van der Waals surface area contributed by atoms with Gasteiger partial charge in [-0.2, -0.15) is 0 Å². The second-order valence-electron chi connectivity index (χ2n) is 8.05. The molecule has 12 fully saturated rings. The van der Waals surface area contributed by atoms with Gasteiger partial charge in [-0.15, -0.1) is 0 Å². The summed E-state index contributed by atoms with van der Waals surface area (Å²) < 4.78 is 68.8. The highest BCUT2D eigenvalue weighted by atomic mass is 16.8. The maximum Gasteiger partial charge on any atom is 0.181 e. The molecule has 12 nitrogen and oxygen atoms in total. The summed E-state index contributed by atoms with van der Waals surface area (Å²) in [7, 11) is 0. The van der Waals surface area contributed by atoms with Crippen LogP contribution < -0.4 is 0 Å². The first-order valence-corrected chi connectivity index (χ1v) is 11.2. The van der Waals surface area contributed by atoms with Gasteiger partial charge in [0.15, 0.2) is 25.2 Å². The minimum Gasteiger partial charge on any atom is -0.374 e. The van der Waals surface area contributed by atoms with Gasteiger partial charge in [-0.25, -0.2) is 0 Å². The molecule has 0 saturated carbocycles. The Labute approximate surface area is 186 Å². The van der Waals surface area contributed by atoms with Crippen LogP contribution in [0.5, 0.6) is 0 Å². The molecule has 0 aromatic heterocycles. The standard InChI is InChI=1S/C20H32O12/c1-2-22-10-18-26-7-16-15(30-18)8-28-20(32-16)12-24-4-3-23-11-19-27-6-13-14(31-19)5-25-17(29-13)9-21-1/h13-20H,1-12H2/t13?,14?,15?,16?,17-,18-,19-,20+/m0/s1. The Morgan fingerprint density at radius 1 is 0.312 bits per heavy atom. The summed E-state index contributed by atoms with van der Waals surface area (Å²) in [5.41, 5.74) is 0. The summed E-state index contributed by atoms with van der Waals surface area (Å²) in [5, 5.41) is 0. The van der Waals surface area contributed by atoms with Gasteiger partial charge in [-0.1, -0.05) is 0 Å². The van der Waals surface area contributed by atoms with Crippen LogP contribution in [-0.4, -0.2) is 129 Å². The lowest BCUT2D eigenvalue weighted by Crippen LogP contribution is -2.55. The summed E-state index contributed by atoms with van der Waals surface area (Å²) >= 11 is 0. The molecular formula is C20H32O12. The van der Waals surface area contributed by atoms with Crippen molar-refractivity contribution in [1.82, 2.24) is 0 Å². The highest BCUT2D eigenvalue weighted by Crippen LogP contribution is 2.24. The van der Waals surface area contributed by atoms with Gasteiger partial charge in [-0.3, -0.25) is 0 Å². The van der Waals surface area contributed by atoms with E-state index in [4.69, 9.17) is 56.8 Å². The Bertz CT molecular complexity index is 471. The van der Waals surface area contributed by atoms with Crippen molar-refractivity contribution in [2.24, 2.45) is 0 Å². The van der Waals surface area contributed by atoms with Crippen molar-refractivity contribution in [2.75, 3.05) is 79.3 Å². The predicted molar refractivity (Wildman–Crippen MR) is 102 cm³/mol. The number of hydrogen-bond donors (Lipinski definition) is 0. The van der Waals surface area contributed by atoms with E-state index in [-0.39, 0.29) is 24.4 Å². The third-order valence-corrected chi connectivity index (χ3v) is 5.68. The molecule has 0 radical (unpaired) electrons. The lowest BCUT2D eigenvalue weighted by Gasteiger charge is -2.41. The van der Waals surface area contributed by atoms with E-state index < -0.39 is 25.2 Å². The van der Waals surface area contributed by atoms with E-state index in [2.05, 4.69) is 0 Å². The van der Waals surface area contributed by atoms with Gasteiger partial charge in [0, 0.05) is 0 Å². The lowest BCUT2D eigenvalue weighted by atomic mass is 10.2. The summed E-state index contributed by atoms with van der Waals surface area (Å²) in [6, 6.07) is 0. The van der Waals surface area contributed by atoms with E-state index in [9.17, 15) is 0 Å². The first-order valence-electron chi connectivity index (χ1n) is 11.2. The van der Waals surface area contributed by atoms with Gasteiger partial charge in [0.25, 0.3) is 0 Å². The molecular weight excluding hydrogens is 432 g/mol.